The fraction of sp³-hybridized carbons (Fsp3) is 0.222. The van der Waals surface area contributed by atoms with E-state index in [-0.39, 0.29) is 22.8 Å². The Labute approximate surface area is 134 Å². The van der Waals surface area contributed by atoms with Crippen molar-refractivity contribution < 1.29 is 24.2 Å². The van der Waals surface area contributed by atoms with Crippen LogP contribution in [0.4, 0.5) is 0 Å². The molecule has 0 fully saturated rings. The van der Waals surface area contributed by atoms with E-state index in [4.69, 9.17) is 9.47 Å². The third-order valence-corrected chi connectivity index (χ3v) is 3.60. The first-order chi connectivity index (χ1) is 10.9. The van der Waals surface area contributed by atoms with Gasteiger partial charge in [0.1, 0.15) is 5.56 Å². The number of carbonyl (C=O) groups excluding carboxylic acids is 2. The number of hydrogen-bond donors (Lipinski definition) is 1. The van der Waals surface area contributed by atoms with Crippen molar-refractivity contribution in [2.24, 2.45) is 0 Å². The molecule has 0 aliphatic rings. The SMILES string of the molecule is COc1cccc(C(=O)OCC(=O)c2ccc(C)c(C)c2)c1O. The van der Waals surface area contributed by atoms with Gasteiger partial charge in [-0.2, -0.15) is 0 Å². The van der Waals surface area contributed by atoms with Crippen molar-refractivity contribution in [1.29, 1.82) is 0 Å². The predicted octanol–water partition coefficient (Wildman–Crippen LogP) is 3.06. The van der Waals surface area contributed by atoms with E-state index >= 15 is 0 Å². The average Bonchev–Trinajstić information content (AvgIpc) is 2.55. The van der Waals surface area contributed by atoms with Gasteiger partial charge in [-0.25, -0.2) is 4.79 Å². The molecular weight excluding hydrogens is 296 g/mol. The Morgan fingerprint density at radius 3 is 2.48 bits per heavy atom. The Bertz CT molecular complexity index is 749. The van der Waals surface area contributed by atoms with Crippen LogP contribution < -0.4 is 4.74 Å². The third kappa shape index (κ3) is 3.69. The second kappa shape index (κ2) is 6.96. The van der Waals surface area contributed by atoms with Crippen molar-refractivity contribution in [3.8, 4) is 11.5 Å². The third-order valence-electron chi connectivity index (χ3n) is 3.60. The Kier molecular flexibility index (Phi) is 5.01. The summed E-state index contributed by atoms with van der Waals surface area (Å²) in [6.07, 6.45) is 0. The molecule has 0 aliphatic heterocycles. The lowest BCUT2D eigenvalue weighted by molar-refractivity contribution is 0.0471. The van der Waals surface area contributed by atoms with Gasteiger partial charge in [0.25, 0.3) is 0 Å². The van der Waals surface area contributed by atoms with Crippen LogP contribution in [0.5, 0.6) is 11.5 Å². The van der Waals surface area contributed by atoms with Gasteiger partial charge < -0.3 is 14.6 Å². The fourth-order valence-corrected chi connectivity index (χ4v) is 2.06. The number of Topliss-reactive ketones (excluding diaryl/α,β-unsaturated/α-hetero) is 1. The van der Waals surface area contributed by atoms with E-state index in [0.29, 0.717) is 5.56 Å². The Balaban J connectivity index is 2.07. The number of para-hydroxylation sites is 1. The van der Waals surface area contributed by atoms with Crippen molar-refractivity contribution in [2.45, 2.75) is 13.8 Å². The van der Waals surface area contributed by atoms with Crippen LogP contribution in [0.1, 0.15) is 31.8 Å². The number of benzene rings is 2. The second-order valence-electron chi connectivity index (χ2n) is 5.15. The van der Waals surface area contributed by atoms with Crippen LogP contribution in [0, 0.1) is 13.8 Å². The van der Waals surface area contributed by atoms with Crippen molar-refractivity contribution in [1.82, 2.24) is 0 Å². The number of rotatable bonds is 5. The Morgan fingerprint density at radius 2 is 1.83 bits per heavy atom. The molecule has 0 heterocycles. The predicted molar refractivity (Wildman–Crippen MR) is 85.2 cm³/mol. The maximum atomic E-state index is 12.1. The van der Waals surface area contributed by atoms with Crippen LogP contribution in [-0.4, -0.2) is 30.6 Å². The summed E-state index contributed by atoms with van der Waals surface area (Å²) in [4.78, 5) is 24.1. The van der Waals surface area contributed by atoms with Gasteiger partial charge in [0.05, 0.1) is 7.11 Å². The first-order valence-corrected chi connectivity index (χ1v) is 7.07. The van der Waals surface area contributed by atoms with Crippen LogP contribution in [0.3, 0.4) is 0 Å². The molecule has 0 saturated carbocycles. The molecule has 0 unspecified atom stereocenters. The van der Waals surface area contributed by atoms with Crippen LogP contribution in [0.15, 0.2) is 36.4 Å². The van der Waals surface area contributed by atoms with E-state index in [0.717, 1.165) is 11.1 Å². The molecule has 23 heavy (non-hydrogen) atoms. The number of aromatic hydroxyl groups is 1. The standard InChI is InChI=1S/C18H18O5/c1-11-7-8-13(9-12(11)2)15(19)10-23-18(21)14-5-4-6-16(22-3)17(14)20/h4-9,20H,10H2,1-3H3. The topological polar surface area (TPSA) is 72.8 Å². The zero-order chi connectivity index (χ0) is 17.0. The second-order valence-corrected chi connectivity index (χ2v) is 5.15. The van der Waals surface area contributed by atoms with Gasteiger partial charge in [-0.15, -0.1) is 0 Å². The molecule has 0 aromatic heterocycles. The minimum atomic E-state index is -0.779. The smallest absolute Gasteiger partial charge is 0.342 e. The van der Waals surface area contributed by atoms with E-state index < -0.39 is 12.6 Å². The minimum absolute atomic E-state index is 0.0442. The highest BCUT2D eigenvalue weighted by Crippen LogP contribution is 2.29. The van der Waals surface area contributed by atoms with Gasteiger partial charge >= 0.3 is 5.97 Å². The molecule has 0 aliphatic carbocycles. The van der Waals surface area contributed by atoms with Gasteiger partial charge in [0.15, 0.2) is 23.9 Å². The molecule has 2 rings (SSSR count). The van der Waals surface area contributed by atoms with E-state index in [1.54, 1.807) is 18.2 Å². The lowest BCUT2D eigenvalue weighted by Gasteiger charge is -2.09. The number of esters is 1. The molecule has 0 bridgehead atoms. The molecule has 5 heteroatoms. The minimum Gasteiger partial charge on any atom is -0.504 e. The zero-order valence-corrected chi connectivity index (χ0v) is 13.3. The average molecular weight is 314 g/mol. The van der Waals surface area contributed by atoms with Gasteiger partial charge in [0.2, 0.25) is 0 Å². The summed E-state index contributed by atoms with van der Waals surface area (Å²) in [7, 11) is 1.38. The molecule has 1 N–H and O–H groups in total. The summed E-state index contributed by atoms with van der Waals surface area (Å²) in [6.45, 7) is 3.47. The van der Waals surface area contributed by atoms with Crippen molar-refractivity contribution >= 4 is 11.8 Å². The largest absolute Gasteiger partial charge is 0.504 e. The monoisotopic (exact) mass is 314 g/mol. The number of phenolic OH excluding ortho intramolecular Hbond substituents is 1. The van der Waals surface area contributed by atoms with Gasteiger partial charge in [-0.05, 0) is 43.2 Å². The van der Waals surface area contributed by atoms with Gasteiger partial charge in [0, 0.05) is 5.56 Å². The summed E-state index contributed by atoms with van der Waals surface area (Å²) in [6, 6.07) is 9.78. The molecule has 0 saturated heterocycles. The number of hydrogen-bond acceptors (Lipinski definition) is 5. The molecule has 5 nitrogen and oxygen atoms in total. The highest BCUT2D eigenvalue weighted by Gasteiger charge is 2.18. The van der Waals surface area contributed by atoms with Crippen LogP contribution in [0.2, 0.25) is 0 Å². The quantitative estimate of drug-likeness (QED) is 0.678. The molecule has 2 aromatic rings. The van der Waals surface area contributed by atoms with Crippen molar-refractivity contribution in [3.63, 3.8) is 0 Å². The summed E-state index contributed by atoms with van der Waals surface area (Å²) < 4.78 is 9.92. The van der Waals surface area contributed by atoms with Crippen molar-refractivity contribution in [3.05, 3.63) is 58.7 Å². The summed E-state index contributed by atoms with van der Waals surface area (Å²) in [5.74, 6) is -1.22. The van der Waals surface area contributed by atoms with Crippen LogP contribution in [-0.2, 0) is 4.74 Å². The maximum Gasteiger partial charge on any atom is 0.342 e. The summed E-state index contributed by atoms with van der Waals surface area (Å²) in [5, 5.41) is 9.90. The molecule has 0 amide bonds. The van der Waals surface area contributed by atoms with Crippen LogP contribution >= 0.6 is 0 Å². The highest BCUT2D eigenvalue weighted by atomic mass is 16.5. The highest BCUT2D eigenvalue weighted by molar-refractivity contribution is 6.00. The first kappa shape index (κ1) is 16.5. The lowest BCUT2D eigenvalue weighted by atomic mass is 10.0. The van der Waals surface area contributed by atoms with E-state index in [9.17, 15) is 14.7 Å². The molecule has 0 radical (unpaired) electrons. The molecule has 2 aromatic carbocycles. The number of aryl methyl sites for hydroxylation is 2. The van der Waals surface area contributed by atoms with Crippen molar-refractivity contribution in [2.75, 3.05) is 13.7 Å². The van der Waals surface area contributed by atoms with Crippen LogP contribution in [0.25, 0.3) is 0 Å². The number of carbonyl (C=O) groups is 2. The summed E-state index contributed by atoms with van der Waals surface area (Å²) >= 11 is 0. The van der Waals surface area contributed by atoms with E-state index in [1.807, 2.05) is 19.9 Å². The van der Waals surface area contributed by atoms with Gasteiger partial charge in [-0.3, -0.25) is 4.79 Å². The normalized spacial score (nSPS) is 10.2. The Morgan fingerprint density at radius 1 is 1.09 bits per heavy atom. The van der Waals surface area contributed by atoms with Gasteiger partial charge in [-0.1, -0.05) is 18.2 Å². The first-order valence-electron chi connectivity index (χ1n) is 7.07. The lowest BCUT2D eigenvalue weighted by Crippen LogP contribution is -2.14. The molecule has 0 atom stereocenters. The van der Waals surface area contributed by atoms with E-state index in [2.05, 4.69) is 0 Å². The zero-order valence-electron chi connectivity index (χ0n) is 13.3. The number of ketones is 1. The summed E-state index contributed by atoms with van der Waals surface area (Å²) in [5.41, 5.74) is 2.51. The number of phenols is 1. The molecule has 0 spiro atoms. The number of ether oxygens (including phenoxy) is 2. The molecule has 120 valence electrons. The fourth-order valence-electron chi connectivity index (χ4n) is 2.06. The number of methoxy groups -OCH3 is 1. The maximum absolute atomic E-state index is 12.1. The Hall–Kier alpha value is -2.82. The van der Waals surface area contributed by atoms with E-state index in [1.165, 1.54) is 19.2 Å². The molecular formula is C18H18O5.